The zero-order valence-corrected chi connectivity index (χ0v) is 29.0. The van der Waals surface area contributed by atoms with E-state index in [0.717, 1.165) is 16.7 Å². The van der Waals surface area contributed by atoms with Crippen molar-refractivity contribution in [1.29, 1.82) is 0 Å². The van der Waals surface area contributed by atoms with E-state index in [1.807, 2.05) is 117 Å². The van der Waals surface area contributed by atoms with Crippen molar-refractivity contribution in [3.63, 3.8) is 0 Å². The van der Waals surface area contributed by atoms with Crippen molar-refractivity contribution in [3.8, 4) is 17.2 Å². The van der Waals surface area contributed by atoms with E-state index >= 15 is 0 Å². The number of rotatable bonds is 6. The third-order valence-corrected chi connectivity index (χ3v) is 6.90. The molecule has 226 valence electrons. The molecule has 0 saturated heterocycles. The Morgan fingerprint density at radius 1 is 0.524 bits per heavy atom. The number of nitrogens with zero attached hydrogens (tertiary/aromatic N) is 1. The molecule has 0 N–H and O–H groups in total. The Balaban J connectivity index is 0.00000165. The van der Waals surface area contributed by atoms with Crippen LogP contribution in [-0.4, -0.2) is 11.0 Å². The van der Waals surface area contributed by atoms with E-state index in [-0.39, 0.29) is 55.2 Å². The molecule has 0 heterocycles. The van der Waals surface area contributed by atoms with E-state index in [0.29, 0.717) is 36.3 Å². The van der Waals surface area contributed by atoms with Crippen molar-refractivity contribution in [2.24, 2.45) is 0 Å². The van der Waals surface area contributed by atoms with E-state index in [2.05, 4.69) is 4.90 Å². The summed E-state index contributed by atoms with van der Waals surface area (Å²) >= 11 is 0. The molecule has 3 rings (SSSR count). The van der Waals surface area contributed by atoms with Crippen LogP contribution in [-0.2, 0) is 57.6 Å². The van der Waals surface area contributed by atoms with Crippen molar-refractivity contribution in [1.82, 2.24) is 4.90 Å². The third kappa shape index (κ3) is 10.4. The number of benzene rings is 3. The smallest absolute Gasteiger partial charge is 0.872 e. The van der Waals surface area contributed by atoms with Gasteiger partial charge in [0.2, 0.25) is 0 Å². The average molecular weight is 608 g/mol. The number of para-hydroxylation sites is 3. The molecule has 0 saturated carbocycles. The van der Waals surface area contributed by atoms with Crippen LogP contribution in [0.15, 0.2) is 54.6 Å². The van der Waals surface area contributed by atoms with Gasteiger partial charge in [0, 0.05) is 19.6 Å². The van der Waals surface area contributed by atoms with Gasteiger partial charge in [-0.2, -0.15) is 0 Å². The van der Waals surface area contributed by atoms with Crippen molar-refractivity contribution in [2.45, 2.75) is 118 Å². The SMILES string of the molecule is CC(C)(C)c1cccc(CN(Cc2cccc(C(C)(C)C)c2[O-])Cc2cccc(C(C)(C)C)c2[O-])c1[O-].CC(C)[O-].[Ti+4]. The van der Waals surface area contributed by atoms with E-state index in [9.17, 15) is 20.4 Å². The second-order valence-corrected chi connectivity index (χ2v) is 14.3. The summed E-state index contributed by atoms with van der Waals surface area (Å²) in [4.78, 5) is 2.05. The predicted molar refractivity (Wildman–Crippen MR) is 162 cm³/mol. The van der Waals surface area contributed by atoms with E-state index in [4.69, 9.17) is 0 Å². The molecule has 0 aliphatic heterocycles. The fourth-order valence-corrected chi connectivity index (χ4v) is 4.79. The van der Waals surface area contributed by atoms with E-state index in [1.165, 1.54) is 0 Å². The van der Waals surface area contributed by atoms with E-state index < -0.39 is 6.10 Å². The van der Waals surface area contributed by atoms with Gasteiger partial charge in [-0.1, -0.05) is 147 Å². The van der Waals surface area contributed by atoms with Crippen LogP contribution >= 0.6 is 0 Å². The first-order valence-electron chi connectivity index (χ1n) is 14.5. The standard InChI is InChI=1S/C33H45NO3.C3H7O.Ti/c1-31(2,3)25-16-10-13-22(28(25)35)19-34(20-23-14-11-17-26(29(23)36)32(4,5)6)21-24-15-12-18-27(30(24)37)33(7,8)9;1-3(2)4;/h10-18,35-37H,19-21H2,1-9H3;3H,1-2H3;/q;-1;+4/p-3. The minimum atomic E-state index is -0.417. The summed E-state index contributed by atoms with van der Waals surface area (Å²) in [7, 11) is 0. The van der Waals surface area contributed by atoms with Gasteiger partial charge in [-0.3, -0.25) is 4.90 Å². The maximum absolute atomic E-state index is 13.4. The summed E-state index contributed by atoms with van der Waals surface area (Å²) < 4.78 is 0. The molecule has 3 aromatic carbocycles. The molecule has 0 amide bonds. The first-order chi connectivity index (χ1) is 18.7. The normalized spacial score (nSPS) is 12.1. The molecule has 0 spiro atoms. The Bertz CT molecular complexity index is 1140. The summed E-state index contributed by atoms with van der Waals surface area (Å²) in [5.41, 5.74) is 3.50. The summed E-state index contributed by atoms with van der Waals surface area (Å²) in [6.45, 7) is 22.6. The van der Waals surface area contributed by atoms with Gasteiger partial charge in [0.1, 0.15) is 0 Å². The van der Waals surface area contributed by atoms with Crippen LogP contribution in [0.5, 0.6) is 17.2 Å². The molecule has 0 aliphatic rings. The molecule has 42 heavy (non-hydrogen) atoms. The Hall–Kier alpha value is -2.31. The number of hydrogen-bond acceptors (Lipinski definition) is 5. The zero-order valence-electron chi connectivity index (χ0n) is 27.5. The molecule has 3 aromatic rings. The van der Waals surface area contributed by atoms with Gasteiger partial charge in [0.15, 0.2) is 0 Å². The molecule has 6 heteroatoms. The van der Waals surface area contributed by atoms with Gasteiger partial charge in [0.05, 0.1) is 0 Å². The summed E-state index contributed by atoms with van der Waals surface area (Å²) in [5.74, 6) is 0.0738. The minimum absolute atomic E-state index is 0. The minimum Gasteiger partial charge on any atom is -0.872 e. The molecule has 0 radical (unpaired) electrons. The Labute approximate surface area is 269 Å². The Morgan fingerprint density at radius 2 is 0.738 bits per heavy atom. The van der Waals surface area contributed by atoms with Crippen LogP contribution < -0.4 is 20.4 Å². The maximum Gasteiger partial charge on any atom is 4.00 e. The topological polar surface area (TPSA) is 95.5 Å². The molecule has 0 fully saturated rings. The van der Waals surface area contributed by atoms with Crippen molar-refractivity contribution >= 4 is 0 Å². The van der Waals surface area contributed by atoms with Crippen LogP contribution in [0.4, 0.5) is 0 Å². The third-order valence-electron chi connectivity index (χ3n) is 6.90. The molecule has 0 bridgehead atoms. The molecular formula is C36H49NO4Ti. The quantitative estimate of drug-likeness (QED) is 0.333. The molecule has 0 aromatic heterocycles. The first-order valence-corrected chi connectivity index (χ1v) is 14.5. The van der Waals surface area contributed by atoms with Gasteiger partial charge in [-0.25, -0.2) is 0 Å². The summed E-state index contributed by atoms with van der Waals surface area (Å²) in [6, 6.07) is 17.0. The van der Waals surface area contributed by atoms with Crippen LogP contribution in [0.2, 0.25) is 0 Å². The van der Waals surface area contributed by atoms with Crippen molar-refractivity contribution in [3.05, 3.63) is 88.0 Å². The first kappa shape index (κ1) is 37.7. The largest absolute Gasteiger partial charge is 4.00 e. The summed E-state index contributed by atoms with van der Waals surface area (Å²) in [5, 5.41) is 49.8. The van der Waals surface area contributed by atoms with Crippen molar-refractivity contribution < 1.29 is 42.1 Å². The van der Waals surface area contributed by atoms with Crippen molar-refractivity contribution in [2.75, 3.05) is 0 Å². The molecule has 0 unspecified atom stereocenters. The van der Waals surface area contributed by atoms with Gasteiger partial charge < -0.3 is 20.4 Å². The van der Waals surface area contributed by atoms with Crippen LogP contribution in [0.3, 0.4) is 0 Å². The van der Waals surface area contributed by atoms with E-state index in [1.54, 1.807) is 13.8 Å². The molecule has 5 nitrogen and oxygen atoms in total. The Morgan fingerprint density at radius 3 is 0.929 bits per heavy atom. The number of hydrogen-bond donors (Lipinski definition) is 0. The monoisotopic (exact) mass is 607 g/mol. The van der Waals surface area contributed by atoms with Gasteiger partial charge in [-0.05, 0) is 32.9 Å². The maximum atomic E-state index is 13.4. The fraction of sp³-hybridized carbons (Fsp3) is 0.500. The van der Waals surface area contributed by atoms with Gasteiger partial charge >= 0.3 is 21.7 Å². The van der Waals surface area contributed by atoms with Crippen LogP contribution in [0.1, 0.15) is 110 Å². The Kier molecular flexibility index (Phi) is 13.4. The van der Waals surface area contributed by atoms with Crippen LogP contribution in [0, 0.1) is 0 Å². The zero-order chi connectivity index (χ0) is 31.3. The molecule has 0 aliphatic carbocycles. The molecule has 0 atom stereocenters. The van der Waals surface area contributed by atoms with Gasteiger partial charge in [-0.15, -0.1) is 23.4 Å². The second-order valence-electron chi connectivity index (χ2n) is 14.3. The summed E-state index contributed by atoms with van der Waals surface area (Å²) in [6.07, 6.45) is -0.417. The van der Waals surface area contributed by atoms with Gasteiger partial charge in [0.25, 0.3) is 0 Å². The fourth-order valence-electron chi connectivity index (χ4n) is 4.79. The van der Waals surface area contributed by atoms with Crippen LogP contribution in [0.25, 0.3) is 0 Å². The predicted octanol–water partition coefficient (Wildman–Crippen LogP) is 5.75. The average Bonchev–Trinajstić information content (AvgIpc) is 2.80. The molecular weight excluding hydrogens is 558 g/mol. The second kappa shape index (κ2) is 14.9.